The lowest BCUT2D eigenvalue weighted by atomic mass is 9.68. The van der Waals surface area contributed by atoms with E-state index in [-0.39, 0.29) is 0 Å². The molecule has 0 nitrogen and oxygen atoms in total. The van der Waals surface area contributed by atoms with Gasteiger partial charge < -0.3 is 0 Å². The Hall–Kier alpha value is -0.960. The zero-order valence-electron chi connectivity index (χ0n) is 13.2. The van der Waals surface area contributed by atoms with Gasteiger partial charge in [0.1, 0.15) is 0 Å². The second-order valence-corrected chi connectivity index (χ2v) is 7.36. The summed E-state index contributed by atoms with van der Waals surface area (Å²) in [5.74, 6) is 4.62. The van der Waals surface area contributed by atoms with Crippen molar-refractivity contribution in [3.63, 3.8) is 0 Å². The molecule has 0 saturated heterocycles. The molecule has 0 radical (unpaired) electrons. The fraction of sp³-hybridized carbons (Fsp3) is 0.700. The minimum atomic E-state index is 0.648. The van der Waals surface area contributed by atoms with E-state index in [4.69, 9.17) is 6.42 Å². The Kier molecular flexibility index (Phi) is 5.53. The summed E-state index contributed by atoms with van der Waals surface area (Å²) in [7, 11) is 0. The second-order valence-electron chi connectivity index (χ2n) is 7.36. The Labute approximate surface area is 125 Å². The van der Waals surface area contributed by atoms with Crippen molar-refractivity contribution in [3.8, 4) is 12.3 Å². The van der Waals surface area contributed by atoms with Crippen LogP contribution in [0.2, 0.25) is 0 Å². The molecule has 2 saturated carbocycles. The van der Waals surface area contributed by atoms with E-state index in [1.165, 1.54) is 63.4 Å². The van der Waals surface area contributed by atoms with E-state index in [1.54, 1.807) is 0 Å². The molecule has 0 aromatic carbocycles. The van der Waals surface area contributed by atoms with Gasteiger partial charge in [-0.3, -0.25) is 0 Å². The van der Waals surface area contributed by atoms with Crippen molar-refractivity contribution in [2.45, 2.75) is 71.1 Å². The van der Waals surface area contributed by atoms with E-state index < -0.39 is 0 Å². The van der Waals surface area contributed by atoms with Gasteiger partial charge in [0.15, 0.2) is 0 Å². The summed E-state index contributed by atoms with van der Waals surface area (Å²) in [6, 6.07) is 0. The summed E-state index contributed by atoms with van der Waals surface area (Å²) >= 11 is 0. The number of hydrogen-bond acceptors (Lipinski definition) is 0. The topological polar surface area (TPSA) is 0 Å². The van der Waals surface area contributed by atoms with Crippen molar-refractivity contribution in [1.82, 2.24) is 0 Å². The van der Waals surface area contributed by atoms with E-state index in [9.17, 15) is 0 Å². The van der Waals surface area contributed by atoms with Crippen molar-refractivity contribution >= 4 is 0 Å². The largest absolute Gasteiger partial charge is 0.115 e. The van der Waals surface area contributed by atoms with Gasteiger partial charge in [-0.05, 0) is 80.3 Å². The van der Waals surface area contributed by atoms with Gasteiger partial charge in [-0.15, -0.1) is 6.42 Å². The lowest BCUT2D eigenvalue weighted by molar-refractivity contribution is 0.147. The molecule has 110 valence electrons. The maximum atomic E-state index is 5.34. The van der Waals surface area contributed by atoms with Crippen LogP contribution in [0.4, 0.5) is 0 Å². The molecule has 0 heterocycles. The molecule has 0 heteroatoms. The third kappa shape index (κ3) is 4.86. The zero-order valence-corrected chi connectivity index (χ0v) is 13.2. The number of rotatable bonds is 7. The standard InChI is InChI=1S/C20H30/c1-4-6-17(5-2)7-8-19-12-15-20(3,16-13-19)14-11-18-9-10-18/h1,5-6,18-19H,2,7-16H2,3H3/b17-6+. The average molecular weight is 270 g/mol. The molecule has 2 aliphatic rings. The molecule has 2 fully saturated rings. The van der Waals surface area contributed by atoms with E-state index in [0.717, 1.165) is 18.3 Å². The highest BCUT2D eigenvalue weighted by Gasteiger charge is 2.32. The van der Waals surface area contributed by atoms with Crippen LogP contribution < -0.4 is 0 Å². The highest BCUT2D eigenvalue weighted by molar-refractivity contribution is 5.25. The molecule has 0 aromatic heterocycles. The summed E-state index contributed by atoms with van der Waals surface area (Å²) in [5, 5.41) is 0. The smallest absolute Gasteiger partial charge is 0.00897 e. The summed E-state index contributed by atoms with van der Waals surface area (Å²) in [4.78, 5) is 0. The molecule has 0 atom stereocenters. The van der Waals surface area contributed by atoms with Crippen LogP contribution in [0.25, 0.3) is 0 Å². The summed E-state index contributed by atoms with van der Waals surface area (Å²) in [6.45, 7) is 6.38. The summed E-state index contributed by atoms with van der Waals surface area (Å²) in [6.07, 6.45) is 23.2. The van der Waals surface area contributed by atoms with Gasteiger partial charge in [0.05, 0.1) is 0 Å². The van der Waals surface area contributed by atoms with Crippen LogP contribution >= 0.6 is 0 Å². The quantitative estimate of drug-likeness (QED) is 0.399. The Bertz CT molecular complexity index is 381. The highest BCUT2D eigenvalue weighted by Crippen LogP contribution is 2.46. The summed E-state index contributed by atoms with van der Waals surface area (Å²) < 4.78 is 0. The van der Waals surface area contributed by atoms with Crippen LogP contribution in [-0.2, 0) is 0 Å². The molecule has 0 unspecified atom stereocenters. The molecule has 0 amide bonds. The van der Waals surface area contributed by atoms with Crippen LogP contribution in [0.1, 0.15) is 71.1 Å². The van der Waals surface area contributed by atoms with E-state index in [0.29, 0.717) is 5.41 Å². The first-order valence-electron chi connectivity index (χ1n) is 8.43. The Morgan fingerprint density at radius 3 is 2.40 bits per heavy atom. The van der Waals surface area contributed by atoms with E-state index in [1.807, 2.05) is 12.2 Å². The highest BCUT2D eigenvalue weighted by atomic mass is 14.4. The fourth-order valence-electron chi connectivity index (χ4n) is 3.58. The molecular weight excluding hydrogens is 240 g/mol. The molecule has 20 heavy (non-hydrogen) atoms. The van der Waals surface area contributed by atoms with Crippen molar-refractivity contribution in [3.05, 3.63) is 24.3 Å². The third-order valence-electron chi connectivity index (χ3n) is 5.54. The van der Waals surface area contributed by atoms with E-state index >= 15 is 0 Å². The summed E-state index contributed by atoms with van der Waals surface area (Å²) in [5.41, 5.74) is 1.88. The van der Waals surface area contributed by atoms with Crippen LogP contribution in [0.5, 0.6) is 0 Å². The molecule has 2 aliphatic carbocycles. The van der Waals surface area contributed by atoms with Gasteiger partial charge in [0.25, 0.3) is 0 Å². The van der Waals surface area contributed by atoms with Crippen LogP contribution in [0.3, 0.4) is 0 Å². The maximum absolute atomic E-state index is 5.34. The lowest BCUT2D eigenvalue weighted by Crippen LogP contribution is -2.24. The van der Waals surface area contributed by atoms with Gasteiger partial charge in [0, 0.05) is 0 Å². The predicted octanol–water partition coefficient (Wildman–Crippen LogP) is 5.90. The van der Waals surface area contributed by atoms with Crippen molar-refractivity contribution in [2.75, 3.05) is 0 Å². The van der Waals surface area contributed by atoms with Crippen LogP contribution in [0.15, 0.2) is 24.3 Å². The second kappa shape index (κ2) is 7.16. The molecular formula is C20H30. The third-order valence-corrected chi connectivity index (χ3v) is 5.54. The van der Waals surface area contributed by atoms with Gasteiger partial charge in [0.2, 0.25) is 0 Å². The predicted molar refractivity (Wildman–Crippen MR) is 88.4 cm³/mol. The molecule has 0 aromatic rings. The van der Waals surface area contributed by atoms with Crippen molar-refractivity contribution in [2.24, 2.45) is 17.3 Å². The monoisotopic (exact) mass is 270 g/mol. The number of terminal acetylenes is 1. The maximum Gasteiger partial charge on any atom is -0.00897 e. The lowest BCUT2D eigenvalue weighted by Gasteiger charge is -2.37. The minimum absolute atomic E-state index is 0.648. The molecule has 0 aliphatic heterocycles. The van der Waals surface area contributed by atoms with Gasteiger partial charge >= 0.3 is 0 Å². The first kappa shape index (κ1) is 15.4. The minimum Gasteiger partial charge on any atom is -0.115 e. The zero-order chi connectivity index (χ0) is 14.4. The first-order valence-corrected chi connectivity index (χ1v) is 8.43. The molecule has 0 N–H and O–H groups in total. The first-order chi connectivity index (χ1) is 9.65. The van der Waals surface area contributed by atoms with Gasteiger partial charge in [-0.2, -0.15) is 0 Å². The number of allylic oxidation sites excluding steroid dienone is 3. The Morgan fingerprint density at radius 2 is 1.85 bits per heavy atom. The van der Waals surface area contributed by atoms with E-state index in [2.05, 4.69) is 19.4 Å². The fourth-order valence-corrected chi connectivity index (χ4v) is 3.58. The Morgan fingerprint density at radius 1 is 1.20 bits per heavy atom. The van der Waals surface area contributed by atoms with Crippen molar-refractivity contribution < 1.29 is 0 Å². The number of hydrogen-bond donors (Lipinski definition) is 0. The molecule has 0 spiro atoms. The average Bonchev–Trinajstić information content (AvgIpc) is 3.27. The van der Waals surface area contributed by atoms with Crippen LogP contribution in [0, 0.1) is 29.6 Å². The Balaban J connectivity index is 1.69. The van der Waals surface area contributed by atoms with Gasteiger partial charge in [-0.25, -0.2) is 0 Å². The van der Waals surface area contributed by atoms with Gasteiger partial charge in [-0.1, -0.05) is 38.3 Å². The van der Waals surface area contributed by atoms with Crippen LogP contribution in [-0.4, -0.2) is 0 Å². The normalized spacial score (nSPS) is 30.8. The molecule has 0 bridgehead atoms. The SMILES string of the molecule is C#C/C=C(\C=C)CCC1CCC(C)(CCC2CC2)CC1. The molecule has 2 rings (SSSR count). The van der Waals surface area contributed by atoms with Crippen molar-refractivity contribution in [1.29, 1.82) is 0 Å².